The lowest BCUT2D eigenvalue weighted by Gasteiger charge is -2.19. The molecule has 5 rings (SSSR count). The number of ether oxygens (including phenoxy) is 1. The second-order valence-corrected chi connectivity index (χ2v) is 10.0. The zero-order chi connectivity index (χ0) is 26.1. The third-order valence-electron chi connectivity index (χ3n) is 7.03. The maximum absolute atomic E-state index is 12.8. The topological polar surface area (TPSA) is 109 Å². The number of benzene rings is 2. The van der Waals surface area contributed by atoms with Crippen molar-refractivity contribution in [3.63, 3.8) is 0 Å². The number of aromatic nitrogens is 1. The Kier molecular flexibility index (Phi) is 6.93. The second-order valence-electron chi connectivity index (χ2n) is 10.0. The number of rotatable bonds is 10. The SMILES string of the molecule is CCCCCN(C)Cc1cc(-c2c3c(nc4cc(NC(=O)C5CC5)ccc24)COC3=O)ccc1C(=O)O. The molecule has 8 nitrogen and oxygen atoms in total. The molecule has 0 atom stereocenters. The van der Waals surface area contributed by atoms with E-state index in [4.69, 9.17) is 4.74 Å². The summed E-state index contributed by atoms with van der Waals surface area (Å²) in [7, 11) is 1.99. The number of carbonyl (C=O) groups is 3. The first-order valence-electron chi connectivity index (χ1n) is 12.9. The number of hydrogen-bond donors (Lipinski definition) is 2. The largest absolute Gasteiger partial charge is 0.478 e. The lowest BCUT2D eigenvalue weighted by molar-refractivity contribution is -0.117. The van der Waals surface area contributed by atoms with Gasteiger partial charge in [-0.1, -0.05) is 31.9 Å². The molecule has 1 amide bonds. The predicted octanol–water partition coefficient (Wildman–Crippen LogP) is 5.24. The quantitative estimate of drug-likeness (QED) is 0.289. The van der Waals surface area contributed by atoms with E-state index in [0.717, 1.165) is 49.6 Å². The number of carboxylic acid groups (broad SMARTS) is 1. The summed E-state index contributed by atoms with van der Waals surface area (Å²) in [6.07, 6.45) is 5.11. The van der Waals surface area contributed by atoms with E-state index in [1.54, 1.807) is 12.1 Å². The van der Waals surface area contributed by atoms with Crippen LogP contribution in [0.15, 0.2) is 36.4 Å². The number of pyridine rings is 1. The Morgan fingerprint density at radius 1 is 1.14 bits per heavy atom. The zero-order valence-corrected chi connectivity index (χ0v) is 21.2. The molecule has 1 aliphatic carbocycles. The molecule has 1 saturated carbocycles. The molecule has 2 aromatic carbocycles. The fourth-order valence-electron chi connectivity index (χ4n) is 4.90. The van der Waals surface area contributed by atoms with E-state index < -0.39 is 11.9 Å². The average molecular weight is 502 g/mol. The van der Waals surface area contributed by atoms with E-state index in [1.807, 2.05) is 31.3 Å². The Balaban J connectivity index is 1.58. The van der Waals surface area contributed by atoms with Crippen LogP contribution in [0.25, 0.3) is 22.0 Å². The van der Waals surface area contributed by atoms with Crippen LogP contribution >= 0.6 is 0 Å². The molecule has 0 radical (unpaired) electrons. The molecule has 2 N–H and O–H groups in total. The number of carboxylic acids is 1. The number of nitrogens with one attached hydrogen (secondary N) is 1. The Morgan fingerprint density at radius 2 is 1.95 bits per heavy atom. The van der Waals surface area contributed by atoms with Gasteiger partial charge in [-0.15, -0.1) is 0 Å². The number of esters is 1. The third-order valence-corrected chi connectivity index (χ3v) is 7.03. The van der Waals surface area contributed by atoms with Crippen molar-refractivity contribution >= 4 is 34.4 Å². The van der Waals surface area contributed by atoms with Gasteiger partial charge in [0.1, 0.15) is 6.61 Å². The number of amides is 1. The van der Waals surface area contributed by atoms with Crippen molar-refractivity contribution in [2.24, 2.45) is 5.92 Å². The Morgan fingerprint density at radius 3 is 2.68 bits per heavy atom. The van der Waals surface area contributed by atoms with Crippen LogP contribution in [0.2, 0.25) is 0 Å². The Hall–Kier alpha value is -3.78. The summed E-state index contributed by atoms with van der Waals surface area (Å²) < 4.78 is 5.33. The molecular formula is C29H31N3O5. The predicted molar refractivity (Wildman–Crippen MR) is 140 cm³/mol. The molecule has 2 aliphatic rings. The maximum Gasteiger partial charge on any atom is 0.341 e. The molecule has 0 unspecified atom stereocenters. The molecule has 2 heterocycles. The number of fused-ring (bicyclic) bond motifs is 2. The van der Waals surface area contributed by atoms with E-state index >= 15 is 0 Å². The summed E-state index contributed by atoms with van der Waals surface area (Å²) in [4.78, 5) is 43.8. The van der Waals surface area contributed by atoms with E-state index in [2.05, 4.69) is 22.1 Å². The minimum atomic E-state index is -0.983. The van der Waals surface area contributed by atoms with Crippen molar-refractivity contribution in [2.75, 3.05) is 18.9 Å². The first-order valence-corrected chi connectivity index (χ1v) is 12.9. The normalized spacial score (nSPS) is 14.6. The van der Waals surface area contributed by atoms with Crippen LogP contribution < -0.4 is 5.32 Å². The Bertz CT molecular complexity index is 1400. The molecule has 0 spiro atoms. The standard InChI is InChI=1S/C29H31N3O5/c1-3-4-5-12-32(2)15-19-13-18(8-10-21(19)28(34)35)25-22-11-9-20(30-27(33)17-6-7-17)14-23(22)31-24-16-37-29(36)26(24)25/h8-11,13-14,17H,3-7,12,15-16H2,1-2H3,(H,30,33)(H,34,35). The van der Waals surface area contributed by atoms with Gasteiger partial charge in [-0.2, -0.15) is 0 Å². The molecule has 192 valence electrons. The van der Waals surface area contributed by atoms with Crippen molar-refractivity contribution in [3.8, 4) is 11.1 Å². The molecule has 1 fully saturated rings. The highest BCUT2D eigenvalue weighted by Gasteiger charge is 2.31. The van der Waals surface area contributed by atoms with Gasteiger partial charge in [0.2, 0.25) is 5.91 Å². The van der Waals surface area contributed by atoms with Crippen LogP contribution in [0.5, 0.6) is 0 Å². The summed E-state index contributed by atoms with van der Waals surface area (Å²) >= 11 is 0. The number of nitrogens with zero attached hydrogens (tertiary/aromatic N) is 2. The molecule has 1 aliphatic heterocycles. The summed E-state index contributed by atoms with van der Waals surface area (Å²) in [5, 5.41) is 13.5. The van der Waals surface area contributed by atoms with E-state index in [-0.39, 0.29) is 24.0 Å². The number of carbonyl (C=O) groups excluding carboxylic acids is 2. The van der Waals surface area contributed by atoms with E-state index in [0.29, 0.717) is 40.1 Å². The van der Waals surface area contributed by atoms with Gasteiger partial charge in [-0.05, 0) is 68.2 Å². The number of aromatic carboxylic acids is 1. The second kappa shape index (κ2) is 10.3. The van der Waals surface area contributed by atoms with Crippen LogP contribution in [-0.2, 0) is 22.7 Å². The van der Waals surface area contributed by atoms with E-state index in [1.165, 1.54) is 0 Å². The highest BCUT2D eigenvalue weighted by molar-refractivity contribution is 6.10. The molecule has 3 aromatic rings. The zero-order valence-electron chi connectivity index (χ0n) is 21.2. The molecular weight excluding hydrogens is 470 g/mol. The fraction of sp³-hybridized carbons (Fsp3) is 0.379. The summed E-state index contributed by atoms with van der Waals surface area (Å²) in [6, 6.07) is 10.7. The number of hydrogen-bond acceptors (Lipinski definition) is 6. The fourth-order valence-corrected chi connectivity index (χ4v) is 4.90. The van der Waals surface area contributed by atoms with Crippen molar-refractivity contribution in [1.29, 1.82) is 0 Å². The highest BCUT2D eigenvalue weighted by atomic mass is 16.5. The molecule has 0 saturated heterocycles. The monoisotopic (exact) mass is 501 g/mol. The smallest absolute Gasteiger partial charge is 0.341 e. The van der Waals surface area contributed by atoms with Crippen LogP contribution in [0.3, 0.4) is 0 Å². The summed E-state index contributed by atoms with van der Waals surface area (Å²) in [6.45, 7) is 3.58. The van der Waals surface area contributed by atoms with Gasteiger partial charge in [-0.3, -0.25) is 4.79 Å². The van der Waals surface area contributed by atoms with Crippen molar-refractivity contribution in [2.45, 2.75) is 52.2 Å². The summed E-state index contributed by atoms with van der Waals surface area (Å²) in [5.74, 6) is -1.33. The van der Waals surface area contributed by atoms with Gasteiger partial charge >= 0.3 is 11.9 Å². The number of anilines is 1. The van der Waals surface area contributed by atoms with Crippen LogP contribution in [0.1, 0.15) is 71.0 Å². The van der Waals surface area contributed by atoms with Crippen LogP contribution in [-0.4, -0.2) is 46.4 Å². The average Bonchev–Trinajstić information content (AvgIpc) is 3.66. The molecule has 37 heavy (non-hydrogen) atoms. The number of unbranched alkanes of at least 4 members (excludes halogenated alkanes) is 2. The maximum atomic E-state index is 12.8. The molecule has 8 heteroatoms. The minimum Gasteiger partial charge on any atom is -0.478 e. The van der Waals surface area contributed by atoms with Gasteiger partial charge < -0.3 is 20.1 Å². The van der Waals surface area contributed by atoms with E-state index in [9.17, 15) is 19.5 Å². The molecule has 0 bridgehead atoms. The lowest BCUT2D eigenvalue weighted by Crippen LogP contribution is -2.20. The first kappa shape index (κ1) is 24.9. The van der Waals surface area contributed by atoms with Crippen LogP contribution in [0.4, 0.5) is 5.69 Å². The van der Waals surface area contributed by atoms with Gasteiger partial charge in [-0.25, -0.2) is 14.6 Å². The summed E-state index contributed by atoms with van der Waals surface area (Å²) in [5.41, 5.74) is 4.58. The third kappa shape index (κ3) is 5.20. The van der Waals surface area contributed by atoms with Gasteiger partial charge in [0.15, 0.2) is 0 Å². The lowest BCUT2D eigenvalue weighted by atomic mass is 9.92. The Labute approximate surface area is 215 Å². The van der Waals surface area contributed by atoms with Crippen molar-refractivity contribution in [1.82, 2.24) is 9.88 Å². The van der Waals surface area contributed by atoms with Crippen molar-refractivity contribution < 1.29 is 24.2 Å². The van der Waals surface area contributed by atoms with Gasteiger partial charge in [0.05, 0.1) is 22.3 Å². The highest BCUT2D eigenvalue weighted by Crippen LogP contribution is 2.38. The van der Waals surface area contributed by atoms with Gasteiger partial charge in [0.25, 0.3) is 0 Å². The number of cyclic esters (lactones) is 1. The van der Waals surface area contributed by atoms with Crippen LogP contribution in [0, 0.1) is 5.92 Å². The first-order chi connectivity index (χ1) is 17.9. The molecule has 1 aromatic heterocycles. The van der Waals surface area contributed by atoms with Crippen molar-refractivity contribution in [3.05, 3.63) is 58.8 Å². The minimum absolute atomic E-state index is 0.0104. The van der Waals surface area contributed by atoms with Gasteiger partial charge in [0, 0.05) is 29.1 Å².